The van der Waals surface area contributed by atoms with Crippen LogP contribution in [0.1, 0.15) is 45.2 Å². The van der Waals surface area contributed by atoms with Gasteiger partial charge in [-0.15, -0.1) is 0 Å². The molecule has 114 valence electrons. The van der Waals surface area contributed by atoms with E-state index in [1.165, 1.54) is 0 Å². The van der Waals surface area contributed by atoms with Crippen LogP contribution in [-0.2, 0) is 4.74 Å². The molecule has 2 aromatic rings. The van der Waals surface area contributed by atoms with Crippen LogP contribution in [0.3, 0.4) is 0 Å². The average Bonchev–Trinajstić information content (AvgIpc) is 2.87. The summed E-state index contributed by atoms with van der Waals surface area (Å²) in [4.78, 5) is 4.45. The SMILES string of the molecule is CCOC(c1noc(-c2ccc(O)c(C)c2)n1)C(C)(C)C. The van der Waals surface area contributed by atoms with Crippen molar-refractivity contribution in [1.29, 1.82) is 0 Å². The molecular formula is C16H22N2O3. The Kier molecular flexibility index (Phi) is 4.32. The second kappa shape index (κ2) is 5.85. The number of hydrogen-bond acceptors (Lipinski definition) is 5. The summed E-state index contributed by atoms with van der Waals surface area (Å²) in [7, 11) is 0. The predicted octanol–water partition coefficient (Wildman–Crippen LogP) is 3.87. The molecule has 1 atom stereocenters. The molecule has 0 aliphatic rings. The molecule has 0 saturated carbocycles. The summed E-state index contributed by atoms with van der Waals surface area (Å²) >= 11 is 0. The number of aromatic hydroxyl groups is 1. The van der Waals surface area contributed by atoms with Gasteiger partial charge in [0.05, 0.1) is 0 Å². The maximum Gasteiger partial charge on any atom is 0.258 e. The van der Waals surface area contributed by atoms with Gasteiger partial charge >= 0.3 is 0 Å². The minimum absolute atomic E-state index is 0.123. The summed E-state index contributed by atoms with van der Waals surface area (Å²) in [6.45, 7) is 10.6. The Morgan fingerprint density at radius 1 is 1.33 bits per heavy atom. The molecule has 0 aliphatic heterocycles. The van der Waals surface area contributed by atoms with E-state index in [0.29, 0.717) is 18.3 Å². The van der Waals surface area contributed by atoms with Gasteiger partial charge in [-0.25, -0.2) is 0 Å². The van der Waals surface area contributed by atoms with Crippen LogP contribution in [-0.4, -0.2) is 21.9 Å². The Balaban J connectivity index is 2.33. The molecular weight excluding hydrogens is 268 g/mol. The fourth-order valence-corrected chi connectivity index (χ4v) is 2.13. The van der Waals surface area contributed by atoms with Crippen LogP contribution in [0.2, 0.25) is 0 Å². The molecule has 0 fully saturated rings. The molecule has 2 rings (SSSR count). The van der Waals surface area contributed by atoms with E-state index >= 15 is 0 Å². The topological polar surface area (TPSA) is 68.4 Å². The Morgan fingerprint density at radius 3 is 2.62 bits per heavy atom. The number of phenolic OH excluding ortho intramolecular Hbond substituents is 1. The number of aromatic nitrogens is 2. The molecule has 0 saturated heterocycles. The van der Waals surface area contributed by atoms with E-state index in [2.05, 4.69) is 30.9 Å². The fourth-order valence-electron chi connectivity index (χ4n) is 2.13. The molecule has 1 unspecified atom stereocenters. The molecule has 0 spiro atoms. The van der Waals surface area contributed by atoms with E-state index < -0.39 is 0 Å². The summed E-state index contributed by atoms with van der Waals surface area (Å²) < 4.78 is 11.1. The smallest absolute Gasteiger partial charge is 0.258 e. The lowest BCUT2D eigenvalue weighted by Crippen LogP contribution is -2.22. The average molecular weight is 290 g/mol. The molecule has 0 bridgehead atoms. The van der Waals surface area contributed by atoms with Crippen LogP contribution in [0.5, 0.6) is 5.75 Å². The molecule has 1 aromatic heterocycles. The fraction of sp³-hybridized carbons (Fsp3) is 0.500. The van der Waals surface area contributed by atoms with Crippen LogP contribution in [0.4, 0.5) is 0 Å². The van der Waals surface area contributed by atoms with Gasteiger partial charge in [0.25, 0.3) is 5.89 Å². The van der Waals surface area contributed by atoms with Crippen LogP contribution in [0.15, 0.2) is 22.7 Å². The zero-order chi connectivity index (χ0) is 15.6. The lowest BCUT2D eigenvalue weighted by molar-refractivity contribution is -0.0203. The summed E-state index contributed by atoms with van der Waals surface area (Å²) in [6.07, 6.45) is -0.224. The van der Waals surface area contributed by atoms with E-state index in [0.717, 1.165) is 11.1 Å². The van der Waals surface area contributed by atoms with Gasteiger partial charge in [0.2, 0.25) is 5.82 Å². The van der Waals surface area contributed by atoms with E-state index in [1.54, 1.807) is 12.1 Å². The van der Waals surface area contributed by atoms with Crippen molar-refractivity contribution >= 4 is 0 Å². The highest BCUT2D eigenvalue weighted by Crippen LogP contribution is 2.35. The van der Waals surface area contributed by atoms with Gasteiger partial charge in [-0.3, -0.25) is 0 Å². The van der Waals surface area contributed by atoms with Crippen molar-refractivity contribution < 1.29 is 14.4 Å². The Labute approximate surface area is 125 Å². The molecule has 0 aliphatic carbocycles. The number of phenols is 1. The lowest BCUT2D eigenvalue weighted by Gasteiger charge is -2.27. The Hall–Kier alpha value is -1.88. The number of nitrogens with zero attached hydrogens (tertiary/aromatic N) is 2. The number of aryl methyl sites for hydroxylation is 1. The Morgan fingerprint density at radius 2 is 2.05 bits per heavy atom. The Bertz CT molecular complexity index is 614. The molecule has 1 N–H and O–H groups in total. The van der Waals surface area contributed by atoms with Crippen LogP contribution in [0.25, 0.3) is 11.5 Å². The molecule has 0 amide bonds. The van der Waals surface area contributed by atoms with E-state index in [-0.39, 0.29) is 17.3 Å². The first-order valence-corrected chi connectivity index (χ1v) is 7.08. The largest absolute Gasteiger partial charge is 0.508 e. The number of hydrogen-bond donors (Lipinski definition) is 1. The van der Waals surface area contributed by atoms with E-state index in [1.807, 2.05) is 19.9 Å². The molecule has 0 radical (unpaired) electrons. The number of ether oxygens (including phenoxy) is 1. The van der Waals surface area contributed by atoms with Gasteiger partial charge in [-0.05, 0) is 43.0 Å². The third kappa shape index (κ3) is 3.42. The van der Waals surface area contributed by atoms with Crippen molar-refractivity contribution in [2.24, 2.45) is 5.41 Å². The zero-order valence-electron chi connectivity index (χ0n) is 13.2. The first-order chi connectivity index (χ1) is 9.82. The van der Waals surface area contributed by atoms with Crippen LogP contribution >= 0.6 is 0 Å². The highest BCUT2D eigenvalue weighted by molar-refractivity contribution is 5.56. The number of rotatable bonds is 4. The molecule has 1 heterocycles. The van der Waals surface area contributed by atoms with Gasteiger partial charge in [-0.1, -0.05) is 25.9 Å². The second-order valence-electron chi connectivity index (χ2n) is 6.16. The molecule has 21 heavy (non-hydrogen) atoms. The normalized spacial score (nSPS) is 13.4. The van der Waals surface area contributed by atoms with Gasteiger partial charge < -0.3 is 14.4 Å². The van der Waals surface area contributed by atoms with Crippen molar-refractivity contribution in [2.45, 2.75) is 40.7 Å². The maximum atomic E-state index is 9.57. The van der Waals surface area contributed by atoms with Crippen molar-refractivity contribution in [3.63, 3.8) is 0 Å². The number of benzene rings is 1. The van der Waals surface area contributed by atoms with E-state index in [4.69, 9.17) is 9.26 Å². The van der Waals surface area contributed by atoms with Crippen molar-refractivity contribution in [3.05, 3.63) is 29.6 Å². The minimum atomic E-state index is -0.224. The third-order valence-corrected chi connectivity index (χ3v) is 3.24. The third-order valence-electron chi connectivity index (χ3n) is 3.24. The predicted molar refractivity (Wildman–Crippen MR) is 80.0 cm³/mol. The van der Waals surface area contributed by atoms with Gasteiger partial charge in [0, 0.05) is 12.2 Å². The maximum absolute atomic E-state index is 9.57. The van der Waals surface area contributed by atoms with E-state index in [9.17, 15) is 5.11 Å². The quantitative estimate of drug-likeness (QED) is 0.925. The summed E-state index contributed by atoms with van der Waals surface area (Å²) in [5, 5.41) is 13.6. The molecule has 5 heteroatoms. The zero-order valence-corrected chi connectivity index (χ0v) is 13.2. The lowest BCUT2D eigenvalue weighted by atomic mass is 9.88. The van der Waals surface area contributed by atoms with Gasteiger partial charge in [-0.2, -0.15) is 4.98 Å². The van der Waals surface area contributed by atoms with Gasteiger partial charge in [0.1, 0.15) is 11.9 Å². The summed E-state index contributed by atoms with van der Waals surface area (Å²) in [5.74, 6) is 1.23. The monoisotopic (exact) mass is 290 g/mol. The first-order valence-electron chi connectivity index (χ1n) is 7.08. The molecule has 1 aromatic carbocycles. The van der Waals surface area contributed by atoms with Crippen molar-refractivity contribution in [3.8, 4) is 17.2 Å². The minimum Gasteiger partial charge on any atom is -0.508 e. The van der Waals surface area contributed by atoms with Crippen LogP contribution in [0, 0.1) is 12.3 Å². The van der Waals surface area contributed by atoms with Crippen molar-refractivity contribution in [1.82, 2.24) is 10.1 Å². The summed E-state index contributed by atoms with van der Waals surface area (Å²) in [6, 6.07) is 5.20. The standard InChI is InChI=1S/C16H22N2O3/c1-6-20-13(16(3,4)5)14-17-15(21-18-14)11-7-8-12(19)10(2)9-11/h7-9,13,19H,6H2,1-5H3. The second-order valence-corrected chi connectivity index (χ2v) is 6.16. The molecule has 5 nitrogen and oxygen atoms in total. The van der Waals surface area contributed by atoms with Crippen LogP contribution < -0.4 is 0 Å². The highest BCUT2D eigenvalue weighted by atomic mass is 16.5. The first kappa shape index (κ1) is 15.5. The van der Waals surface area contributed by atoms with Crippen molar-refractivity contribution in [2.75, 3.05) is 6.61 Å². The summed E-state index contributed by atoms with van der Waals surface area (Å²) in [5.41, 5.74) is 1.43. The highest BCUT2D eigenvalue weighted by Gasteiger charge is 2.31. The van der Waals surface area contributed by atoms with Gasteiger partial charge in [0.15, 0.2) is 0 Å².